The molecule has 1 aromatic rings. The molecule has 0 amide bonds. The summed E-state index contributed by atoms with van der Waals surface area (Å²) in [7, 11) is 0. The number of rotatable bonds is 4. The molecular weight excluding hydrogens is 270 g/mol. The number of nitrogens with zero attached hydrogens (tertiary/aromatic N) is 1. The minimum absolute atomic E-state index is 0.226. The highest BCUT2D eigenvalue weighted by molar-refractivity contribution is 9.10. The van der Waals surface area contributed by atoms with E-state index in [1.165, 1.54) is 0 Å². The van der Waals surface area contributed by atoms with E-state index in [9.17, 15) is 9.90 Å². The fourth-order valence-electron chi connectivity index (χ4n) is 1.57. The van der Waals surface area contributed by atoms with E-state index >= 15 is 0 Å². The largest absolute Gasteiger partial charge is 0.481 e. The molecule has 0 fully saturated rings. The molecule has 3 nitrogen and oxygen atoms in total. The van der Waals surface area contributed by atoms with Gasteiger partial charge in [0.15, 0.2) is 0 Å². The van der Waals surface area contributed by atoms with Crippen molar-refractivity contribution in [3.8, 4) is 6.07 Å². The van der Waals surface area contributed by atoms with Crippen LogP contribution in [0.25, 0.3) is 0 Å². The number of halogens is 1. The zero-order valence-electron chi connectivity index (χ0n) is 8.90. The van der Waals surface area contributed by atoms with Gasteiger partial charge in [0, 0.05) is 10.9 Å². The van der Waals surface area contributed by atoms with Gasteiger partial charge in [0.25, 0.3) is 0 Å². The van der Waals surface area contributed by atoms with Crippen molar-refractivity contribution in [1.29, 1.82) is 5.26 Å². The second kappa shape index (κ2) is 5.13. The maximum absolute atomic E-state index is 11.3. The van der Waals surface area contributed by atoms with Crippen molar-refractivity contribution in [2.45, 2.75) is 25.2 Å². The average Bonchev–Trinajstić information content (AvgIpc) is 2.26. The first-order valence-electron chi connectivity index (χ1n) is 4.87. The zero-order chi connectivity index (χ0) is 12.2. The topological polar surface area (TPSA) is 61.1 Å². The summed E-state index contributed by atoms with van der Waals surface area (Å²) in [5.41, 5.74) is -0.312. The van der Waals surface area contributed by atoms with Crippen LogP contribution in [0.1, 0.15) is 25.3 Å². The third-order valence-electron chi connectivity index (χ3n) is 2.68. The Kier molecular flexibility index (Phi) is 4.08. The molecule has 1 rings (SSSR count). The summed E-state index contributed by atoms with van der Waals surface area (Å²) in [6.45, 7) is 1.65. The Labute approximate surface area is 103 Å². The van der Waals surface area contributed by atoms with Crippen molar-refractivity contribution in [2.75, 3.05) is 0 Å². The molecule has 0 aliphatic carbocycles. The van der Waals surface area contributed by atoms with Gasteiger partial charge in [-0.3, -0.25) is 4.79 Å². The number of carboxylic acids is 1. The molecule has 16 heavy (non-hydrogen) atoms. The second-order valence-electron chi connectivity index (χ2n) is 3.78. The zero-order valence-corrected chi connectivity index (χ0v) is 10.5. The summed E-state index contributed by atoms with van der Waals surface area (Å²) in [4.78, 5) is 11.3. The first kappa shape index (κ1) is 12.7. The maximum Gasteiger partial charge on any atom is 0.313 e. The lowest BCUT2D eigenvalue weighted by Crippen LogP contribution is -2.32. The lowest BCUT2D eigenvalue weighted by Gasteiger charge is -2.25. The van der Waals surface area contributed by atoms with Crippen LogP contribution in [0.5, 0.6) is 0 Å². The third-order valence-corrected chi connectivity index (χ3v) is 3.37. The van der Waals surface area contributed by atoms with Crippen LogP contribution in [0.2, 0.25) is 0 Å². The highest BCUT2D eigenvalue weighted by atomic mass is 79.9. The molecule has 1 N–H and O–H groups in total. The first-order valence-corrected chi connectivity index (χ1v) is 5.67. The average molecular weight is 282 g/mol. The van der Waals surface area contributed by atoms with Crippen molar-refractivity contribution in [2.24, 2.45) is 0 Å². The van der Waals surface area contributed by atoms with Crippen LogP contribution in [0, 0.1) is 11.3 Å². The molecule has 0 aromatic heterocycles. The fraction of sp³-hybridized carbons (Fsp3) is 0.333. The van der Waals surface area contributed by atoms with E-state index in [0.717, 1.165) is 4.47 Å². The summed E-state index contributed by atoms with van der Waals surface area (Å²) in [6, 6.07) is 9.20. The Hall–Kier alpha value is -1.34. The number of aliphatic carboxylic acids is 1. The van der Waals surface area contributed by atoms with Gasteiger partial charge in [-0.25, -0.2) is 0 Å². The molecular formula is C12H12BrNO2. The van der Waals surface area contributed by atoms with E-state index in [-0.39, 0.29) is 6.42 Å². The molecule has 84 valence electrons. The molecule has 0 bridgehead atoms. The van der Waals surface area contributed by atoms with Crippen molar-refractivity contribution in [3.05, 3.63) is 34.3 Å². The minimum Gasteiger partial charge on any atom is -0.481 e. The predicted molar refractivity (Wildman–Crippen MR) is 64.0 cm³/mol. The number of carboxylic acid groups (broad SMARTS) is 1. The fourth-order valence-corrected chi connectivity index (χ4v) is 2.29. The molecule has 4 heteroatoms. The lowest BCUT2D eigenvalue weighted by molar-refractivity contribution is -0.143. The Morgan fingerprint density at radius 2 is 2.19 bits per heavy atom. The number of benzene rings is 1. The quantitative estimate of drug-likeness (QED) is 0.923. The molecule has 0 saturated heterocycles. The molecule has 0 aliphatic heterocycles. The van der Waals surface area contributed by atoms with Gasteiger partial charge in [-0.15, -0.1) is 0 Å². The van der Waals surface area contributed by atoms with E-state index in [1.54, 1.807) is 19.1 Å². The van der Waals surface area contributed by atoms with Crippen molar-refractivity contribution in [1.82, 2.24) is 0 Å². The maximum atomic E-state index is 11.3. The van der Waals surface area contributed by atoms with Gasteiger partial charge in [0.05, 0.1) is 11.5 Å². The van der Waals surface area contributed by atoms with Crippen LogP contribution in [0.4, 0.5) is 0 Å². The lowest BCUT2D eigenvalue weighted by atomic mass is 9.79. The Morgan fingerprint density at radius 1 is 1.56 bits per heavy atom. The van der Waals surface area contributed by atoms with Crippen LogP contribution in [0.3, 0.4) is 0 Å². The summed E-state index contributed by atoms with van der Waals surface area (Å²) in [6.07, 6.45) is 0.533. The normalized spacial score (nSPS) is 13.8. The van der Waals surface area contributed by atoms with E-state index in [2.05, 4.69) is 15.9 Å². The summed E-state index contributed by atoms with van der Waals surface area (Å²) >= 11 is 3.35. The molecule has 1 atom stereocenters. The summed E-state index contributed by atoms with van der Waals surface area (Å²) < 4.78 is 0.762. The van der Waals surface area contributed by atoms with E-state index in [4.69, 9.17) is 5.26 Å². The highest BCUT2D eigenvalue weighted by Crippen LogP contribution is 2.34. The van der Waals surface area contributed by atoms with Gasteiger partial charge in [0.1, 0.15) is 0 Å². The van der Waals surface area contributed by atoms with E-state index < -0.39 is 11.4 Å². The number of carbonyl (C=O) groups is 1. The molecule has 0 aliphatic rings. The van der Waals surface area contributed by atoms with Gasteiger partial charge < -0.3 is 5.11 Å². The van der Waals surface area contributed by atoms with Crippen LogP contribution < -0.4 is 0 Å². The van der Waals surface area contributed by atoms with Crippen molar-refractivity contribution in [3.63, 3.8) is 0 Å². The van der Waals surface area contributed by atoms with Crippen LogP contribution in [0.15, 0.2) is 28.7 Å². The first-order chi connectivity index (χ1) is 7.52. The molecule has 0 spiro atoms. The third kappa shape index (κ3) is 2.42. The van der Waals surface area contributed by atoms with Gasteiger partial charge in [0.2, 0.25) is 0 Å². The van der Waals surface area contributed by atoms with Crippen LogP contribution >= 0.6 is 15.9 Å². The van der Waals surface area contributed by atoms with Gasteiger partial charge in [-0.05, 0) is 25.0 Å². The van der Waals surface area contributed by atoms with Gasteiger partial charge in [-0.1, -0.05) is 34.1 Å². The molecule has 0 heterocycles. The highest BCUT2D eigenvalue weighted by Gasteiger charge is 2.36. The number of nitriles is 1. The molecule has 1 unspecified atom stereocenters. The standard InChI is InChI=1S/C12H12BrNO2/c1-12(11(15)16,7-4-8-14)9-5-2-3-6-10(9)13/h2-3,5-6H,4,7H2,1H3,(H,15,16). The Morgan fingerprint density at radius 3 is 2.69 bits per heavy atom. The molecule has 1 aromatic carbocycles. The van der Waals surface area contributed by atoms with E-state index in [1.807, 2.05) is 18.2 Å². The van der Waals surface area contributed by atoms with Crippen molar-refractivity contribution >= 4 is 21.9 Å². The SMILES string of the molecule is CC(CCC#N)(C(=O)O)c1ccccc1Br. The smallest absolute Gasteiger partial charge is 0.313 e. The predicted octanol–water partition coefficient (Wildman–Crippen LogP) is 3.10. The Bertz CT molecular complexity index is 439. The number of hydrogen-bond acceptors (Lipinski definition) is 2. The Balaban J connectivity index is 3.17. The summed E-state index contributed by atoms with van der Waals surface area (Å²) in [5.74, 6) is -0.908. The molecule has 0 saturated carbocycles. The monoisotopic (exact) mass is 281 g/mol. The molecule has 0 radical (unpaired) electrons. The van der Waals surface area contributed by atoms with Gasteiger partial charge in [-0.2, -0.15) is 5.26 Å². The summed E-state index contributed by atoms with van der Waals surface area (Å²) in [5, 5.41) is 17.9. The minimum atomic E-state index is -1.02. The van der Waals surface area contributed by atoms with Crippen molar-refractivity contribution < 1.29 is 9.90 Å². The number of hydrogen-bond donors (Lipinski definition) is 1. The van der Waals surface area contributed by atoms with Crippen LogP contribution in [-0.4, -0.2) is 11.1 Å². The second-order valence-corrected chi connectivity index (χ2v) is 4.63. The van der Waals surface area contributed by atoms with E-state index in [0.29, 0.717) is 12.0 Å². The van der Waals surface area contributed by atoms with Gasteiger partial charge >= 0.3 is 5.97 Å². The van der Waals surface area contributed by atoms with Crippen LogP contribution in [-0.2, 0) is 10.2 Å².